The molecule has 2 aliphatic rings. The van der Waals surface area contributed by atoms with E-state index in [-0.39, 0.29) is 17.5 Å². The van der Waals surface area contributed by atoms with Crippen LogP contribution in [0.25, 0.3) is 0 Å². The van der Waals surface area contributed by atoms with E-state index in [1.54, 1.807) is 0 Å². The number of nitrogens with zero attached hydrogens (tertiary/aromatic N) is 1. The number of hydrogen-bond acceptors (Lipinski definition) is 5. The molecule has 2 aliphatic heterocycles. The molecule has 110 valence electrons. The van der Waals surface area contributed by atoms with E-state index < -0.39 is 0 Å². The molecule has 0 aromatic rings. The molecular formula is C13H25N3OS2. The van der Waals surface area contributed by atoms with Crippen molar-refractivity contribution in [3.8, 4) is 0 Å². The highest BCUT2D eigenvalue weighted by Gasteiger charge is 2.34. The summed E-state index contributed by atoms with van der Waals surface area (Å²) in [6.07, 6.45) is 1.65. The van der Waals surface area contributed by atoms with Gasteiger partial charge in [0.1, 0.15) is 0 Å². The molecule has 6 heteroatoms. The highest BCUT2D eigenvalue weighted by atomic mass is 32.2. The Morgan fingerprint density at radius 3 is 2.63 bits per heavy atom. The lowest BCUT2D eigenvalue weighted by molar-refractivity contribution is -0.122. The van der Waals surface area contributed by atoms with Gasteiger partial charge in [-0.2, -0.15) is 0 Å². The topological polar surface area (TPSA) is 44.4 Å². The molecule has 0 aromatic heterocycles. The highest BCUT2D eigenvalue weighted by molar-refractivity contribution is 8.03. The van der Waals surface area contributed by atoms with Crippen molar-refractivity contribution in [3.63, 3.8) is 0 Å². The Morgan fingerprint density at radius 1 is 1.37 bits per heavy atom. The summed E-state index contributed by atoms with van der Waals surface area (Å²) >= 11 is 3.94. The molecular weight excluding hydrogens is 278 g/mol. The summed E-state index contributed by atoms with van der Waals surface area (Å²) in [6, 6.07) is 0.271. The quantitative estimate of drug-likeness (QED) is 0.820. The minimum absolute atomic E-state index is 0.0317. The zero-order valence-electron chi connectivity index (χ0n) is 11.9. The predicted molar refractivity (Wildman–Crippen MR) is 84.6 cm³/mol. The van der Waals surface area contributed by atoms with Crippen LogP contribution in [-0.4, -0.2) is 58.7 Å². The van der Waals surface area contributed by atoms with Gasteiger partial charge >= 0.3 is 0 Å². The number of carbonyl (C=O) groups excluding carboxylic acids is 1. The van der Waals surface area contributed by atoms with E-state index in [0.29, 0.717) is 6.42 Å². The largest absolute Gasteiger partial charge is 0.351 e. The fourth-order valence-electron chi connectivity index (χ4n) is 2.47. The lowest BCUT2D eigenvalue weighted by atomic mass is 9.97. The molecule has 0 aliphatic carbocycles. The molecule has 0 radical (unpaired) electrons. The van der Waals surface area contributed by atoms with E-state index in [2.05, 4.69) is 29.4 Å². The van der Waals surface area contributed by atoms with E-state index in [1.807, 2.05) is 23.5 Å². The summed E-state index contributed by atoms with van der Waals surface area (Å²) in [4.78, 5) is 14.4. The third kappa shape index (κ3) is 4.85. The van der Waals surface area contributed by atoms with Gasteiger partial charge in [0.25, 0.3) is 0 Å². The Kier molecular flexibility index (Phi) is 5.87. The van der Waals surface area contributed by atoms with Crippen LogP contribution < -0.4 is 10.6 Å². The van der Waals surface area contributed by atoms with Crippen molar-refractivity contribution < 1.29 is 4.79 Å². The summed E-state index contributed by atoms with van der Waals surface area (Å²) in [7, 11) is 0. The predicted octanol–water partition coefficient (Wildman–Crippen LogP) is 1.33. The Labute approximate surface area is 124 Å². The lowest BCUT2D eigenvalue weighted by Gasteiger charge is -2.28. The molecule has 1 unspecified atom stereocenters. The zero-order valence-corrected chi connectivity index (χ0v) is 13.5. The maximum Gasteiger partial charge on any atom is 0.221 e. The monoisotopic (exact) mass is 303 g/mol. The fraction of sp³-hybridized carbons (Fsp3) is 0.923. The first-order valence-corrected chi connectivity index (χ1v) is 9.31. The van der Waals surface area contributed by atoms with E-state index >= 15 is 0 Å². The van der Waals surface area contributed by atoms with Crippen LogP contribution >= 0.6 is 23.5 Å². The van der Waals surface area contributed by atoms with Crippen molar-refractivity contribution in [2.75, 3.05) is 36.3 Å². The maximum atomic E-state index is 12.0. The molecule has 2 rings (SSSR count). The maximum absolute atomic E-state index is 12.0. The first kappa shape index (κ1) is 15.5. The Hall–Kier alpha value is 0.0900. The van der Waals surface area contributed by atoms with Crippen LogP contribution in [0.4, 0.5) is 0 Å². The molecule has 1 atom stereocenters. The van der Waals surface area contributed by atoms with Crippen LogP contribution in [0.5, 0.6) is 0 Å². The Balaban J connectivity index is 1.69. The van der Waals surface area contributed by atoms with Crippen molar-refractivity contribution in [3.05, 3.63) is 0 Å². The van der Waals surface area contributed by atoms with Crippen LogP contribution in [0, 0.1) is 0 Å². The van der Waals surface area contributed by atoms with Gasteiger partial charge in [-0.05, 0) is 26.8 Å². The van der Waals surface area contributed by atoms with E-state index in [9.17, 15) is 4.79 Å². The SMILES string of the molecule is CC1(C)NCCC1NC(=O)CCN1CSCCSC1. The molecule has 0 bridgehead atoms. The second-order valence-electron chi connectivity index (χ2n) is 5.78. The minimum Gasteiger partial charge on any atom is -0.351 e. The highest BCUT2D eigenvalue weighted by Crippen LogP contribution is 2.19. The molecule has 2 heterocycles. The molecule has 2 N–H and O–H groups in total. The van der Waals surface area contributed by atoms with E-state index in [1.165, 1.54) is 11.5 Å². The second kappa shape index (κ2) is 7.20. The molecule has 0 aromatic carbocycles. The third-order valence-corrected chi connectivity index (χ3v) is 6.13. The van der Waals surface area contributed by atoms with Crippen molar-refractivity contribution in [2.45, 2.75) is 38.3 Å². The van der Waals surface area contributed by atoms with Gasteiger partial charge in [0.2, 0.25) is 5.91 Å². The summed E-state index contributed by atoms with van der Waals surface area (Å²) in [6.45, 7) is 6.20. The number of thioether (sulfide) groups is 2. The summed E-state index contributed by atoms with van der Waals surface area (Å²) in [5.74, 6) is 4.79. The average molecular weight is 303 g/mol. The summed E-state index contributed by atoms with van der Waals surface area (Å²) < 4.78 is 0. The fourth-order valence-corrected chi connectivity index (χ4v) is 4.75. The van der Waals surface area contributed by atoms with Gasteiger partial charge in [0.05, 0.1) is 0 Å². The van der Waals surface area contributed by atoms with Gasteiger partial charge < -0.3 is 10.6 Å². The molecule has 2 saturated heterocycles. The van der Waals surface area contributed by atoms with Crippen molar-refractivity contribution in [1.82, 2.24) is 15.5 Å². The molecule has 1 amide bonds. The van der Waals surface area contributed by atoms with Gasteiger partial charge in [-0.1, -0.05) is 0 Å². The van der Waals surface area contributed by atoms with Crippen LogP contribution in [0.15, 0.2) is 0 Å². The lowest BCUT2D eigenvalue weighted by Crippen LogP contribution is -2.51. The minimum atomic E-state index is 0.0317. The number of carbonyl (C=O) groups is 1. The zero-order chi connectivity index (χ0) is 13.7. The average Bonchev–Trinajstić information content (AvgIpc) is 2.59. The first-order valence-electron chi connectivity index (χ1n) is 7.00. The smallest absolute Gasteiger partial charge is 0.221 e. The number of hydrogen-bond donors (Lipinski definition) is 2. The second-order valence-corrected chi connectivity index (χ2v) is 7.93. The number of amides is 1. The first-order chi connectivity index (χ1) is 9.08. The van der Waals surface area contributed by atoms with Crippen LogP contribution in [0.1, 0.15) is 26.7 Å². The molecule has 0 saturated carbocycles. The molecule has 2 fully saturated rings. The molecule has 4 nitrogen and oxygen atoms in total. The van der Waals surface area contributed by atoms with Crippen LogP contribution in [-0.2, 0) is 4.79 Å². The van der Waals surface area contributed by atoms with Crippen molar-refractivity contribution in [1.29, 1.82) is 0 Å². The van der Waals surface area contributed by atoms with Gasteiger partial charge in [0, 0.05) is 47.8 Å². The van der Waals surface area contributed by atoms with Gasteiger partial charge in [-0.3, -0.25) is 9.69 Å². The van der Waals surface area contributed by atoms with Crippen LogP contribution in [0.3, 0.4) is 0 Å². The Bertz CT molecular complexity index is 304. The van der Waals surface area contributed by atoms with Crippen LogP contribution in [0.2, 0.25) is 0 Å². The normalized spacial score (nSPS) is 28.0. The van der Waals surface area contributed by atoms with Crippen molar-refractivity contribution in [2.24, 2.45) is 0 Å². The number of nitrogens with one attached hydrogen (secondary N) is 2. The van der Waals surface area contributed by atoms with Gasteiger partial charge in [-0.25, -0.2) is 0 Å². The van der Waals surface area contributed by atoms with Crippen molar-refractivity contribution >= 4 is 29.4 Å². The Morgan fingerprint density at radius 2 is 2.05 bits per heavy atom. The third-order valence-electron chi connectivity index (χ3n) is 3.79. The summed E-state index contributed by atoms with van der Waals surface area (Å²) in [5.41, 5.74) is 0.0317. The van der Waals surface area contributed by atoms with E-state index in [4.69, 9.17) is 0 Å². The van der Waals surface area contributed by atoms with E-state index in [0.717, 1.165) is 31.3 Å². The summed E-state index contributed by atoms with van der Waals surface area (Å²) in [5, 5.41) is 6.62. The molecule has 0 spiro atoms. The molecule has 19 heavy (non-hydrogen) atoms. The standard InChI is InChI=1S/C13H25N3OS2/c1-13(2)11(3-5-14-13)15-12(17)4-6-16-9-18-7-8-19-10-16/h11,14H,3-10H2,1-2H3,(H,15,17). The van der Waals surface area contributed by atoms with Gasteiger partial charge in [-0.15, -0.1) is 23.5 Å². The number of rotatable bonds is 4. The van der Waals surface area contributed by atoms with Gasteiger partial charge in [0.15, 0.2) is 0 Å².